The molecule has 2 aromatic rings. The number of aliphatic carboxylic acids is 1. The molecule has 0 saturated carbocycles. The van der Waals surface area contributed by atoms with Gasteiger partial charge in [0.1, 0.15) is 10.6 Å². The first kappa shape index (κ1) is 17.0. The fourth-order valence-corrected chi connectivity index (χ4v) is 2.91. The molecule has 1 N–H and O–H groups in total. The number of hydrogen-bond donors (Lipinski definition) is 1. The summed E-state index contributed by atoms with van der Waals surface area (Å²) in [6.45, 7) is 1.84. The number of carboxylic acid groups (broad SMARTS) is 1. The molecule has 1 unspecified atom stereocenters. The van der Waals surface area contributed by atoms with Crippen molar-refractivity contribution in [2.75, 3.05) is 7.11 Å². The first-order valence-electron chi connectivity index (χ1n) is 6.70. The first-order valence-corrected chi connectivity index (χ1v) is 8.11. The van der Waals surface area contributed by atoms with E-state index in [2.05, 4.69) is 0 Å². The van der Waals surface area contributed by atoms with Crippen LogP contribution < -0.4 is 4.18 Å². The fourth-order valence-electron chi connectivity index (χ4n) is 1.99. The van der Waals surface area contributed by atoms with Gasteiger partial charge in [0.05, 0.1) is 0 Å². The molecule has 0 spiro atoms. The molecule has 0 aliphatic heterocycles. The van der Waals surface area contributed by atoms with Crippen molar-refractivity contribution in [3.8, 4) is 5.75 Å². The average molecular weight is 336 g/mol. The molecule has 0 fully saturated rings. The predicted octanol–water partition coefficient (Wildman–Crippen LogP) is 2.53. The van der Waals surface area contributed by atoms with Gasteiger partial charge in [0.2, 0.25) is 0 Å². The first-order chi connectivity index (χ1) is 10.8. The average Bonchev–Trinajstić information content (AvgIpc) is 2.48. The lowest BCUT2D eigenvalue weighted by atomic mass is 10.1. The van der Waals surface area contributed by atoms with E-state index in [1.807, 2.05) is 6.92 Å². The van der Waals surface area contributed by atoms with Gasteiger partial charge >= 0.3 is 16.1 Å². The summed E-state index contributed by atoms with van der Waals surface area (Å²) in [6, 6.07) is 12.0. The minimum Gasteiger partial charge on any atom is -0.479 e. The van der Waals surface area contributed by atoms with Crippen molar-refractivity contribution < 1.29 is 27.2 Å². The fraction of sp³-hybridized carbons (Fsp3) is 0.188. The Morgan fingerprint density at radius 1 is 1.13 bits per heavy atom. The third kappa shape index (κ3) is 4.08. The van der Waals surface area contributed by atoms with E-state index in [0.29, 0.717) is 0 Å². The van der Waals surface area contributed by atoms with Crippen LogP contribution in [0.1, 0.15) is 17.2 Å². The third-order valence-corrected chi connectivity index (χ3v) is 4.40. The maximum atomic E-state index is 12.2. The van der Waals surface area contributed by atoms with E-state index in [1.165, 1.54) is 43.5 Å². The van der Waals surface area contributed by atoms with E-state index in [0.717, 1.165) is 5.56 Å². The van der Waals surface area contributed by atoms with E-state index < -0.39 is 22.2 Å². The topological polar surface area (TPSA) is 89.9 Å². The molecular weight excluding hydrogens is 320 g/mol. The molecule has 6 nitrogen and oxygen atoms in total. The normalized spacial score (nSPS) is 12.6. The lowest BCUT2D eigenvalue weighted by Gasteiger charge is -2.12. The van der Waals surface area contributed by atoms with Crippen LogP contribution in [-0.4, -0.2) is 26.6 Å². The zero-order chi connectivity index (χ0) is 17.0. The van der Waals surface area contributed by atoms with E-state index in [4.69, 9.17) is 14.0 Å². The van der Waals surface area contributed by atoms with Crippen molar-refractivity contribution in [3.63, 3.8) is 0 Å². The SMILES string of the molecule is COC(C(=O)O)c1cccc(OS(=O)(=O)c2ccc(C)cc2)c1. The molecular formula is C16H16O6S. The summed E-state index contributed by atoms with van der Waals surface area (Å²) in [6.07, 6.45) is -1.19. The zero-order valence-corrected chi connectivity index (χ0v) is 13.4. The second-order valence-electron chi connectivity index (χ2n) is 4.88. The lowest BCUT2D eigenvalue weighted by Crippen LogP contribution is -2.14. The molecule has 0 aliphatic carbocycles. The second kappa shape index (κ2) is 6.80. The standard InChI is InChI=1S/C16H16O6S/c1-11-6-8-14(9-7-11)23(19,20)22-13-5-3-4-12(10-13)15(21-2)16(17)18/h3-10,15H,1-2H3,(H,17,18). The van der Waals surface area contributed by atoms with Gasteiger partial charge in [-0.25, -0.2) is 4.79 Å². The highest BCUT2D eigenvalue weighted by atomic mass is 32.2. The Morgan fingerprint density at radius 2 is 1.78 bits per heavy atom. The third-order valence-electron chi connectivity index (χ3n) is 3.14. The quantitative estimate of drug-likeness (QED) is 0.815. The molecule has 1 atom stereocenters. The lowest BCUT2D eigenvalue weighted by molar-refractivity contribution is -0.148. The molecule has 122 valence electrons. The second-order valence-corrected chi connectivity index (χ2v) is 6.42. The maximum absolute atomic E-state index is 12.2. The molecule has 0 heterocycles. The van der Waals surface area contributed by atoms with Crippen molar-refractivity contribution in [3.05, 3.63) is 59.7 Å². The molecule has 7 heteroatoms. The van der Waals surface area contributed by atoms with Crippen molar-refractivity contribution in [1.29, 1.82) is 0 Å². The van der Waals surface area contributed by atoms with E-state index in [-0.39, 0.29) is 16.2 Å². The summed E-state index contributed by atoms with van der Waals surface area (Å²) in [5, 5.41) is 9.07. The summed E-state index contributed by atoms with van der Waals surface area (Å²) in [5.41, 5.74) is 1.21. The Hall–Kier alpha value is -2.38. The smallest absolute Gasteiger partial charge is 0.339 e. The molecule has 0 bridgehead atoms. The number of benzene rings is 2. The zero-order valence-electron chi connectivity index (χ0n) is 12.6. The summed E-state index contributed by atoms with van der Waals surface area (Å²) < 4.78 is 34.4. The van der Waals surface area contributed by atoms with Gasteiger partial charge in [0.15, 0.2) is 6.10 Å². The summed E-state index contributed by atoms with van der Waals surface area (Å²) in [5.74, 6) is -1.16. The molecule has 0 aromatic heterocycles. The van der Waals surface area contributed by atoms with Crippen LogP contribution >= 0.6 is 0 Å². The summed E-state index contributed by atoms with van der Waals surface area (Å²) in [7, 11) is -2.73. The Balaban J connectivity index is 2.29. The minimum atomic E-state index is -3.99. The number of hydrogen-bond acceptors (Lipinski definition) is 5. The van der Waals surface area contributed by atoms with Crippen LogP contribution in [0.4, 0.5) is 0 Å². The molecule has 2 rings (SSSR count). The molecule has 0 aliphatic rings. The molecule has 0 saturated heterocycles. The van der Waals surface area contributed by atoms with E-state index in [9.17, 15) is 13.2 Å². The monoisotopic (exact) mass is 336 g/mol. The van der Waals surface area contributed by atoms with Crippen LogP contribution in [0.2, 0.25) is 0 Å². The van der Waals surface area contributed by atoms with Gasteiger partial charge in [0.25, 0.3) is 0 Å². The van der Waals surface area contributed by atoms with Gasteiger partial charge < -0.3 is 14.0 Å². The maximum Gasteiger partial charge on any atom is 0.339 e. The van der Waals surface area contributed by atoms with Gasteiger partial charge in [-0.05, 0) is 36.8 Å². The number of carboxylic acids is 1. The number of rotatable bonds is 6. The highest BCUT2D eigenvalue weighted by Gasteiger charge is 2.21. The van der Waals surface area contributed by atoms with Crippen LogP contribution in [0.3, 0.4) is 0 Å². The van der Waals surface area contributed by atoms with Crippen LogP contribution in [0.15, 0.2) is 53.4 Å². The van der Waals surface area contributed by atoms with Gasteiger partial charge in [0, 0.05) is 7.11 Å². The van der Waals surface area contributed by atoms with Gasteiger partial charge in [-0.15, -0.1) is 0 Å². The molecule has 0 radical (unpaired) electrons. The van der Waals surface area contributed by atoms with Gasteiger partial charge in [-0.3, -0.25) is 0 Å². The number of methoxy groups -OCH3 is 1. The van der Waals surface area contributed by atoms with Crippen molar-refractivity contribution in [1.82, 2.24) is 0 Å². The van der Waals surface area contributed by atoms with Crippen LogP contribution in [0.25, 0.3) is 0 Å². The summed E-state index contributed by atoms with van der Waals surface area (Å²) >= 11 is 0. The largest absolute Gasteiger partial charge is 0.479 e. The van der Waals surface area contributed by atoms with E-state index >= 15 is 0 Å². The summed E-state index contributed by atoms with van der Waals surface area (Å²) in [4.78, 5) is 11.1. The van der Waals surface area contributed by atoms with Crippen molar-refractivity contribution in [2.24, 2.45) is 0 Å². The number of carbonyl (C=O) groups is 1. The molecule has 2 aromatic carbocycles. The highest BCUT2D eigenvalue weighted by Crippen LogP contribution is 2.24. The van der Waals surface area contributed by atoms with E-state index in [1.54, 1.807) is 12.1 Å². The number of ether oxygens (including phenoxy) is 1. The van der Waals surface area contributed by atoms with Crippen LogP contribution in [0, 0.1) is 6.92 Å². The Bertz CT molecular complexity index is 796. The Morgan fingerprint density at radius 3 is 2.35 bits per heavy atom. The van der Waals surface area contributed by atoms with Crippen molar-refractivity contribution in [2.45, 2.75) is 17.9 Å². The predicted molar refractivity (Wildman–Crippen MR) is 82.8 cm³/mol. The van der Waals surface area contributed by atoms with Crippen LogP contribution in [0.5, 0.6) is 5.75 Å². The number of aryl methyl sites for hydroxylation is 1. The highest BCUT2D eigenvalue weighted by molar-refractivity contribution is 7.87. The van der Waals surface area contributed by atoms with Crippen molar-refractivity contribution >= 4 is 16.1 Å². The minimum absolute atomic E-state index is 0.0198. The molecule has 0 amide bonds. The Labute approximate surface area is 134 Å². The van der Waals surface area contributed by atoms with Crippen LogP contribution in [-0.2, 0) is 19.6 Å². The molecule has 23 heavy (non-hydrogen) atoms. The van der Waals surface area contributed by atoms with Gasteiger partial charge in [-0.2, -0.15) is 8.42 Å². The van der Waals surface area contributed by atoms with Gasteiger partial charge in [-0.1, -0.05) is 29.8 Å². The Kier molecular flexibility index (Phi) is 5.02.